The summed E-state index contributed by atoms with van der Waals surface area (Å²) in [5, 5.41) is 3.41. The summed E-state index contributed by atoms with van der Waals surface area (Å²) in [7, 11) is 3.05. The number of aryl methyl sites for hydroxylation is 3. The number of benzene rings is 2. The highest BCUT2D eigenvalue weighted by atomic mass is 32.1. The predicted molar refractivity (Wildman–Crippen MR) is 109 cm³/mol. The van der Waals surface area contributed by atoms with Crippen molar-refractivity contribution in [2.24, 2.45) is 0 Å². The molecule has 2 aromatic carbocycles. The highest BCUT2D eigenvalue weighted by Crippen LogP contribution is 2.33. The molecule has 1 heterocycles. The Kier molecular flexibility index (Phi) is 5.46. The third-order valence-corrected chi connectivity index (χ3v) is 5.34. The Hall–Kier alpha value is -2.86. The fourth-order valence-corrected chi connectivity index (χ4v) is 3.67. The van der Waals surface area contributed by atoms with Gasteiger partial charge in [-0.3, -0.25) is 10.1 Å². The third-order valence-electron chi connectivity index (χ3n) is 4.45. The zero-order valence-corrected chi connectivity index (χ0v) is 16.9. The number of aromatic nitrogens is 1. The third kappa shape index (κ3) is 3.80. The minimum Gasteiger partial charge on any atom is -0.496 e. The maximum atomic E-state index is 12.8. The van der Waals surface area contributed by atoms with Gasteiger partial charge in [0.25, 0.3) is 5.91 Å². The Balaban J connectivity index is 1.92. The standard InChI is InChI=1S/C21H22N2O3S/c1-12-9-10-15(11-13(12)2)19-14(3)27-21(22-19)23-20(24)18-16(25-4)7-6-8-17(18)26-5/h6-11H,1-5H3,(H,22,23,24). The molecule has 0 radical (unpaired) electrons. The second-order valence-corrected chi connectivity index (χ2v) is 7.42. The van der Waals surface area contributed by atoms with Crippen molar-refractivity contribution in [2.45, 2.75) is 20.8 Å². The molecule has 0 aliphatic heterocycles. The first-order valence-corrected chi connectivity index (χ1v) is 9.33. The van der Waals surface area contributed by atoms with Crippen LogP contribution in [-0.4, -0.2) is 25.1 Å². The van der Waals surface area contributed by atoms with Crippen molar-refractivity contribution in [3.05, 3.63) is 58.0 Å². The normalized spacial score (nSPS) is 10.6. The van der Waals surface area contributed by atoms with E-state index in [4.69, 9.17) is 9.47 Å². The number of carbonyl (C=O) groups excluding carboxylic acids is 1. The molecule has 1 amide bonds. The number of hydrogen-bond acceptors (Lipinski definition) is 5. The Labute approximate surface area is 163 Å². The van der Waals surface area contributed by atoms with Crippen molar-refractivity contribution in [1.29, 1.82) is 0 Å². The van der Waals surface area contributed by atoms with Gasteiger partial charge in [-0.25, -0.2) is 4.98 Å². The molecule has 0 unspecified atom stereocenters. The lowest BCUT2D eigenvalue weighted by molar-refractivity contribution is 0.102. The number of anilines is 1. The van der Waals surface area contributed by atoms with Crippen LogP contribution in [-0.2, 0) is 0 Å². The molecule has 0 spiro atoms. The Morgan fingerprint density at radius 2 is 1.67 bits per heavy atom. The van der Waals surface area contributed by atoms with Crippen molar-refractivity contribution in [1.82, 2.24) is 4.98 Å². The lowest BCUT2D eigenvalue weighted by Crippen LogP contribution is -2.14. The Bertz CT molecular complexity index is 973. The van der Waals surface area contributed by atoms with E-state index in [1.165, 1.54) is 36.7 Å². The van der Waals surface area contributed by atoms with Crippen LogP contribution in [0.2, 0.25) is 0 Å². The van der Waals surface area contributed by atoms with Crippen LogP contribution in [0, 0.1) is 20.8 Å². The Morgan fingerprint density at radius 3 is 2.26 bits per heavy atom. The average Bonchev–Trinajstić information content (AvgIpc) is 3.03. The quantitative estimate of drug-likeness (QED) is 0.674. The van der Waals surface area contributed by atoms with Crippen LogP contribution in [0.3, 0.4) is 0 Å². The zero-order valence-electron chi connectivity index (χ0n) is 16.0. The van der Waals surface area contributed by atoms with Gasteiger partial charge in [0.2, 0.25) is 0 Å². The van der Waals surface area contributed by atoms with Gasteiger partial charge in [-0.05, 0) is 50.1 Å². The number of amides is 1. The highest BCUT2D eigenvalue weighted by molar-refractivity contribution is 7.16. The number of thiazole rings is 1. The van der Waals surface area contributed by atoms with Crippen LogP contribution >= 0.6 is 11.3 Å². The molecule has 0 atom stereocenters. The molecule has 1 aromatic heterocycles. The molecule has 3 rings (SSSR count). The number of carbonyl (C=O) groups is 1. The fourth-order valence-electron chi connectivity index (χ4n) is 2.84. The summed E-state index contributed by atoms with van der Waals surface area (Å²) in [4.78, 5) is 18.5. The molecular formula is C21H22N2O3S. The average molecular weight is 382 g/mol. The van der Waals surface area contributed by atoms with Crippen LogP contribution in [0.15, 0.2) is 36.4 Å². The summed E-state index contributed by atoms with van der Waals surface area (Å²) in [6, 6.07) is 11.5. The van der Waals surface area contributed by atoms with Gasteiger partial charge in [0.05, 0.1) is 19.9 Å². The van der Waals surface area contributed by atoms with E-state index in [1.807, 2.05) is 6.92 Å². The van der Waals surface area contributed by atoms with E-state index in [2.05, 4.69) is 42.3 Å². The molecule has 27 heavy (non-hydrogen) atoms. The van der Waals surface area contributed by atoms with Gasteiger partial charge in [-0.2, -0.15) is 0 Å². The monoisotopic (exact) mass is 382 g/mol. The van der Waals surface area contributed by atoms with Crippen molar-refractivity contribution in [3.63, 3.8) is 0 Å². The van der Waals surface area contributed by atoms with E-state index in [1.54, 1.807) is 18.2 Å². The molecule has 0 aliphatic rings. The van der Waals surface area contributed by atoms with Gasteiger partial charge >= 0.3 is 0 Å². The topological polar surface area (TPSA) is 60.5 Å². The minimum absolute atomic E-state index is 0.315. The van der Waals surface area contributed by atoms with Gasteiger partial charge < -0.3 is 9.47 Å². The number of methoxy groups -OCH3 is 2. The number of hydrogen-bond donors (Lipinski definition) is 1. The van der Waals surface area contributed by atoms with Gasteiger partial charge in [0.15, 0.2) is 5.13 Å². The number of ether oxygens (including phenoxy) is 2. The van der Waals surface area contributed by atoms with Crippen LogP contribution in [0.5, 0.6) is 11.5 Å². The van der Waals surface area contributed by atoms with E-state index >= 15 is 0 Å². The van der Waals surface area contributed by atoms with E-state index in [0.717, 1.165) is 16.1 Å². The van der Waals surface area contributed by atoms with E-state index in [-0.39, 0.29) is 5.91 Å². The van der Waals surface area contributed by atoms with Gasteiger partial charge in [-0.15, -0.1) is 11.3 Å². The first kappa shape index (κ1) is 18.9. The summed E-state index contributed by atoms with van der Waals surface area (Å²) in [6.07, 6.45) is 0. The van der Waals surface area contributed by atoms with Gasteiger partial charge in [0, 0.05) is 10.4 Å². The summed E-state index contributed by atoms with van der Waals surface area (Å²) in [6.45, 7) is 6.16. The van der Waals surface area contributed by atoms with Crippen molar-refractivity contribution < 1.29 is 14.3 Å². The molecule has 0 bridgehead atoms. The van der Waals surface area contributed by atoms with E-state index in [9.17, 15) is 4.79 Å². The lowest BCUT2D eigenvalue weighted by Gasteiger charge is -2.11. The molecule has 0 saturated carbocycles. The van der Waals surface area contributed by atoms with E-state index in [0.29, 0.717) is 22.2 Å². The smallest absolute Gasteiger partial charge is 0.265 e. The second kappa shape index (κ2) is 7.80. The molecule has 1 N–H and O–H groups in total. The number of nitrogens with one attached hydrogen (secondary N) is 1. The molecule has 0 aliphatic carbocycles. The molecule has 0 saturated heterocycles. The summed E-state index contributed by atoms with van der Waals surface area (Å²) in [5.41, 5.74) is 4.73. The summed E-state index contributed by atoms with van der Waals surface area (Å²) >= 11 is 1.44. The zero-order chi connectivity index (χ0) is 19.6. The fraction of sp³-hybridized carbons (Fsp3) is 0.238. The van der Waals surface area contributed by atoms with Gasteiger partial charge in [0.1, 0.15) is 17.1 Å². The number of rotatable bonds is 5. The minimum atomic E-state index is -0.315. The highest BCUT2D eigenvalue weighted by Gasteiger charge is 2.20. The maximum absolute atomic E-state index is 12.8. The first-order chi connectivity index (χ1) is 12.9. The van der Waals surface area contributed by atoms with E-state index < -0.39 is 0 Å². The first-order valence-electron chi connectivity index (χ1n) is 8.52. The molecular weight excluding hydrogens is 360 g/mol. The van der Waals surface area contributed by atoms with Crippen LogP contribution in [0.25, 0.3) is 11.3 Å². The molecule has 0 fully saturated rings. The SMILES string of the molecule is COc1cccc(OC)c1C(=O)Nc1nc(-c2ccc(C)c(C)c2)c(C)s1. The predicted octanol–water partition coefficient (Wildman–Crippen LogP) is 5.00. The largest absolute Gasteiger partial charge is 0.496 e. The summed E-state index contributed by atoms with van der Waals surface area (Å²) < 4.78 is 10.6. The second-order valence-electron chi connectivity index (χ2n) is 6.21. The molecule has 5 nitrogen and oxygen atoms in total. The van der Waals surface area contributed by atoms with Crippen LogP contribution in [0.4, 0.5) is 5.13 Å². The molecule has 140 valence electrons. The van der Waals surface area contributed by atoms with Crippen molar-refractivity contribution >= 4 is 22.4 Å². The Morgan fingerprint density at radius 1 is 1.00 bits per heavy atom. The molecule has 6 heteroatoms. The summed E-state index contributed by atoms with van der Waals surface area (Å²) in [5.74, 6) is 0.591. The maximum Gasteiger partial charge on any atom is 0.265 e. The lowest BCUT2D eigenvalue weighted by atomic mass is 10.0. The van der Waals surface area contributed by atoms with Gasteiger partial charge in [-0.1, -0.05) is 18.2 Å². The van der Waals surface area contributed by atoms with Crippen LogP contribution in [0.1, 0.15) is 26.4 Å². The van der Waals surface area contributed by atoms with Crippen molar-refractivity contribution in [2.75, 3.05) is 19.5 Å². The molecule has 3 aromatic rings. The van der Waals surface area contributed by atoms with Crippen LogP contribution < -0.4 is 14.8 Å². The number of nitrogens with zero attached hydrogens (tertiary/aromatic N) is 1. The van der Waals surface area contributed by atoms with Crippen molar-refractivity contribution in [3.8, 4) is 22.8 Å².